The van der Waals surface area contributed by atoms with Gasteiger partial charge in [0.2, 0.25) is 0 Å². The standard InChI is InChI=1S/C31H29FN6O3/c1-40-28-14-24-26(15-29(28)41-2)34-19-35-30(24)36-11-9-20(10-12-36)17-37-18-21-5-3-4-6-27(21)38(31(37)39)23-7-8-25(32)22(13-23)16-33/h3-8,13-15,19-20H,9-12,17-18H2,1-2H3. The summed E-state index contributed by atoms with van der Waals surface area (Å²) in [7, 11) is 3.21. The van der Waals surface area contributed by atoms with Crippen molar-refractivity contribution >= 4 is 34.1 Å². The molecule has 0 saturated carbocycles. The van der Waals surface area contributed by atoms with Crippen molar-refractivity contribution in [3.8, 4) is 17.6 Å². The molecule has 0 N–H and O–H groups in total. The van der Waals surface area contributed by atoms with E-state index in [1.54, 1.807) is 31.5 Å². The van der Waals surface area contributed by atoms with E-state index in [1.807, 2.05) is 47.4 Å². The molecule has 9 nitrogen and oxygen atoms in total. The number of anilines is 3. The van der Waals surface area contributed by atoms with E-state index in [-0.39, 0.29) is 11.6 Å². The zero-order valence-electron chi connectivity index (χ0n) is 22.9. The van der Waals surface area contributed by atoms with Crippen LogP contribution in [-0.4, -0.2) is 54.8 Å². The van der Waals surface area contributed by atoms with Gasteiger partial charge in [-0.05, 0) is 54.7 Å². The molecule has 10 heteroatoms. The summed E-state index contributed by atoms with van der Waals surface area (Å²) in [6.07, 6.45) is 3.35. The number of halogens is 1. The van der Waals surface area contributed by atoms with Crippen molar-refractivity contribution in [3.63, 3.8) is 0 Å². The van der Waals surface area contributed by atoms with Gasteiger partial charge in [0.1, 0.15) is 24.0 Å². The molecule has 41 heavy (non-hydrogen) atoms. The van der Waals surface area contributed by atoms with Crippen LogP contribution in [0.5, 0.6) is 11.5 Å². The molecule has 1 aromatic heterocycles. The molecule has 0 radical (unpaired) electrons. The molecule has 3 aromatic carbocycles. The lowest BCUT2D eigenvalue weighted by Gasteiger charge is -2.40. The number of benzene rings is 3. The SMILES string of the molecule is COc1cc2ncnc(N3CCC(CN4Cc5ccccc5N(c5ccc(F)c(C#N)c5)C4=O)CC3)c2cc1OC. The first-order valence-corrected chi connectivity index (χ1v) is 13.5. The number of aromatic nitrogens is 2. The number of nitriles is 1. The molecule has 3 heterocycles. The second-order valence-corrected chi connectivity index (χ2v) is 10.3. The molecular formula is C31H29FN6O3. The molecule has 4 aromatic rings. The minimum atomic E-state index is -0.605. The lowest BCUT2D eigenvalue weighted by atomic mass is 9.95. The second-order valence-electron chi connectivity index (χ2n) is 10.3. The molecule has 2 amide bonds. The summed E-state index contributed by atoms with van der Waals surface area (Å²) in [6.45, 7) is 2.67. The van der Waals surface area contributed by atoms with Gasteiger partial charge >= 0.3 is 6.03 Å². The smallest absolute Gasteiger partial charge is 0.329 e. The summed E-state index contributed by atoms with van der Waals surface area (Å²) >= 11 is 0. The molecule has 2 aliphatic rings. The highest BCUT2D eigenvalue weighted by atomic mass is 19.1. The predicted molar refractivity (Wildman–Crippen MR) is 153 cm³/mol. The number of piperidine rings is 1. The monoisotopic (exact) mass is 552 g/mol. The van der Waals surface area contributed by atoms with Gasteiger partial charge in [-0.1, -0.05) is 18.2 Å². The maximum atomic E-state index is 14.1. The summed E-state index contributed by atoms with van der Waals surface area (Å²) < 4.78 is 25.0. The fourth-order valence-corrected chi connectivity index (χ4v) is 5.77. The molecule has 0 spiro atoms. The average molecular weight is 553 g/mol. The molecule has 1 fully saturated rings. The normalized spacial score (nSPS) is 15.6. The lowest BCUT2D eigenvalue weighted by Crippen LogP contribution is -2.48. The van der Waals surface area contributed by atoms with Gasteiger partial charge in [0, 0.05) is 37.6 Å². The Hall–Kier alpha value is -4.91. The Morgan fingerprint density at radius 2 is 1.78 bits per heavy atom. The molecule has 2 aliphatic heterocycles. The van der Waals surface area contributed by atoms with Gasteiger partial charge in [0.25, 0.3) is 0 Å². The molecular weight excluding hydrogens is 523 g/mol. The Balaban J connectivity index is 1.20. The maximum absolute atomic E-state index is 14.1. The number of urea groups is 1. The van der Waals surface area contributed by atoms with E-state index in [2.05, 4.69) is 14.9 Å². The van der Waals surface area contributed by atoms with Crippen LogP contribution in [0.15, 0.2) is 60.9 Å². The van der Waals surface area contributed by atoms with Crippen LogP contribution in [0.1, 0.15) is 24.0 Å². The highest BCUT2D eigenvalue weighted by Gasteiger charge is 2.34. The van der Waals surface area contributed by atoms with Crippen LogP contribution in [0.4, 0.5) is 26.4 Å². The highest BCUT2D eigenvalue weighted by Crippen LogP contribution is 2.38. The van der Waals surface area contributed by atoms with Crippen molar-refractivity contribution in [2.45, 2.75) is 19.4 Å². The maximum Gasteiger partial charge on any atom is 0.329 e. The third-order valence-electron chi connectivity index (χ3n) is 7.90. The van der Waals surface area contributed by atoms with Crippen LogP contribution in [0.3, 0.4) is 0 Å². The Kier molecular flexibility index (Phi) is 7.01. The van der Waals surface area contributed by atoms with Crippen LogP contribution in [0.2, 0.25) is 0 Å². The van der Waals surface area contributed by atoms with E-state index >= 15 is 0 Å². The van der Waals surface area contributed by atoms with Crippen LogP contribution in [0.25, 0.3) is 10.9 Å². The van der Waals surface area contributed by atoms with Crippen molar-refractivity contribution < 1.29 is 18.7 Å². The van der Waals surface area contributed by atoms with E-state index in [0.29, 0.717) is 36.2 Å². The Morgan fingerprint density at radius 1 is 1.02 bits per heavy atom. The number of amides is 2. The first-order chi connectivity index (χ1) is 20.0. The van der Waals surface area contributed by atoms with Gasteiger partial charge in [0.05, 0.1) is 36.7 Å². The van der Waals surface area contributed by atoms with Crippen LogP contribution in [-0.2, 0) is 6.54 Å². The second kappa shape index (κ2) is 10.9. The summed E-state index contributed by atoms with van der Waals surface area (Å²) in [5.41, 5.74) is 2.92. The third kappa shape index (κ3) is 4.84. The third-order valence-corrected chi connectivity index (χ3v) is 7.90. The van der Waals surface area contributed by atoms with Crippen molar-refractivity contribution in [1.29, 1.82) is 5.26 Å². The first-order valence-electron chi connectivity index (χ1n) is 13.5. The summed E-state index contributed by atoms with van der Waals surface area (Å²) in [4.78, 5) is 28.5. The van der Waals surface area contributed by atoms with Crippen molar-refractivity contribution in [2.24, 2.45) is 5.92 Å². The number of hydrogen-bond donors (Lipinski definition) is 0. The summed E-state index contributed by atoms with van der Waals surface area (Å²) in [5.74, 6) is 1.80. The Morgan fingerprint density at radius 3 is 2.54 bits per heavy atom. The molecule has 1 saturated heterocycles. The van der Waals surface area contributed by atoms with E-state index in [1.165, 1.54) is 12.1 Å². The molecule has 208 valence electrons. The predicted octanol–water partition coefficient (Wildman–Crippen LogP) is 5.65. The number of hydrogen-bond acceptors (Lipinski definition) is 7. The Labute approximate surface area is 237 Å². The van der Waals surface area contributed by atoms with Crippen LogP contribution in [0, 0.1) is 23.1 Å². The summed E-state index contributed by atoms with van der Waals surface area (Å²) in [6, 6.07) is 17.4. The van der Waals surface area contributed by atoms with Crippen molar-refractivity contribution in [1.82, 2.24) is 14.9 Å². The molecule has 0 unspecified atom stereocenters. The van der Waals surface area contributed by atoms with Gasteiger partial charge in [-0.25, -0.2) is 19.2 Å². The number of carbonyl (C=O) groups excluding carboxylic acids is 1. The van der Waals surface area contributed by atoms with E-state index < -0.39 is 5.82 Å². The number of rotatable bonds is 6. The van der Waals surface area contributed by atoms with Gasteiger partial charge in [-0.3, -0.25) is 4.90 Å². The van der Waals surface area contributed by atoms with Crippen molar-refractivity contribution in [2.75, 3.05) is 43.7 Å². The topological polar surface area (TPSA) is 94.8 Å². The largest absolute Gasteiger partial charge is 0.493 e. The molecule has 0 aliphatic carbocycles. The highest BCUT2D eigenvalue weighted by molar-refractivity contribution is 6.02. The van der Waals surface area contributed by atoms with Gasteiger partial charge in [0.15, 0.2) is 11.5 Å². The number of para-hydroxylation sites is 1. The summed E-state index contributed by atoms with van der Waals surface area (Å²) in [5, 5.41) is 10.3. The first kappa shape index (κ1) is 26.3. The minimum absolute atomic E-state index is 0.0921. The van der Waals surface area contributed by atoms with Gasteiger partial charge < -0.3 is 19.3 Å². The Bertz CT molecular complexity index is 1660. The zero-order valence-corrected chi connectivity index (χ0v) is 22.9. The minimum Gasteiger partial charge on any atom is -0.493 e. The van der Waals surface area contributed by atoms with Crippen LogP contribution >= 0.6 is 0 Å². The molecule has 0 bridgehead atoms. The quantitative estimate of drug-likeness (QED) is 0.305. The fourth-order valence-electron chi connectivity index (χ4n) is 5.77. The lowest BCUT2D eigenvalue weighted by molar-refractivity contribution is 0.184. The van der Waals surface area contributed by atoms with Crippen LogP contribution < -0.4 is 19.3 Å². The molecule has 0 atom stereocenters. The zero-order chi connectivity index (χ0) is 28.5. The number of fused-ring (bicyclic) bond motifs is 2. The fraction of sp³-hybridized carbons (Fsp3) is 0.290. The molecule has 6 rings (SSSR count). The van der Waals surface area contributed by atoms with E-state index in [9.17, 15) is 14.4 Å². The van der Waals surface area contributed by atoms with Crippen molar-refractivity contribution in [3.05, 3.63) is 77.9 Å². The van der Waals surface area contributed by atoms with E-state index in [0.717, 1.165) is 53.9 Å². The van der Waals surface area contributed by atoms with Gasteiger partial charge in [-0.15, -0.1) is 0 Å². The number of carbonyl (C=O) groups is 1. The average Bonchev–Trinajstić information content (AvgIpc) is 3.01. The number of ether oxygens (including phenoxy) is 2. The van der Waals surface area contributed by atoms with E-state index in [4.69, 9.17) is 9.47 Å². The van der Waals surface area contributed by atoms with Gasteiger partial charge in [-0.2, -0.15) is 5.26 Å². The number of methoxy groups -OCH3 is 2. The number of nitrogens with zero attached hydrogens (tertiary/aromatic N) is 6.